The maximum Gasteiger partial charge on any atom is 0.435 e. The van der Waals surface area contributed by atoms with Gasteiger partial charge in [0.25, 0.3) is 17.7 Å². The zero-order chi connectivity index (χ0) is 87.6. The summed E-state index contributed by atoms with van der Waals surface area (Å²) in [6.07, 6.45) is 16.6. The number of nitrogens with one attached hydrogen (secondary N) is 7. The van der Waals surface area contributed by atoms with Crippen molar-refractivity contribution < 1.29 is 59.0 Å². The van der Waals surface area contributed by atoms with Crippen molar-refractivity contribution in [2.24, 2.45) is 0 Å². The maximum atomic E-state index is 13.7. The average Bonchev–Trinajstić information content (AvgIpc) is 1.60. The number of hydrogen-bond acceptors (Lipinski definition) is 27. The number of benzene rings is 3. The highest BCUT2D eigenvalue weighted by Crippen LogP contribution is 2.48. The van der Waals surface area contributed by atoms with Crippen molar-refractivity contribution in [1.82, 2.24) is 88.5 Å². The van der Waals surface area contributed by atoms with Crippen molar-refractivity contribution in [1.29, 1.82) is 0 Å². The molecule has 0 radical (unpaired) electrons. The van der Waals surface area contributed by atoms with Crippen LogP contribution in [0.3, 0.4) is 0 Å². The van der Waals surface area contributed by atoms with Crippen LogP contribution in [0.15, 0.2) is 124 Å². The number of hydrazine groups is 3. The lowest BCUT2D eigenvalue weighted by atomic mass is 9.80. The van der Waals surface area contributed by atoms with E-state index in [-0.39, 0.29) is 38.7 Å². The largest absolute Gasteiger partial charge is 0.768 e. The molecule has 1 atom stereocenters. The van der Waals surface area contributed by atoms with Crippen LogP contribution in [0.5, 0.6) is 0 Å². The smallest absolute Gasteiger partial charge is 0.435 e. The number of carbonyl (C=O) groups is 5. The Balaban J connectivity index is 0.000000135. The fourth-order valence-corrected chi connectivity index (χ4v) is 20.2. The van der Waals surface area contributed by atoms with Crippen LogP contribution in [0.4, 0.5) is 56.0 Å². The molecule has 9 aliphatic rings. The predicted octanol–water partition coefficient (Wildman–Crippen LogP) is 9.34. The Kier molecular flexibility index (Phi) is 26.4. The van der Waals surface area contributed by atoms with Gasteiger partial charge in [-0.05, 0) is 215 Å². The van der Waals surface area contributed by atoms with Crippen LogP contribution in [0.1, 0.15) is 138 Å². The number of amides is 5. The number of aromatic nitrogens is 9. The normalized spacial score (nSPS) is 19.6. The quantitative estimate of drug-likeness (QED) is 0.0379. The number of carbonyl (C=O) groups excluding carboxylic acids is 5. The summed E-state index contributed by atoms with van der Waals surface area (Å²) in [5, 5.41) is 14.2. The predicted molar refractivity (Wildman–Crippen MR) is 467 cm³/mol. The highest BCUT2D eigenvalue weighted by molar-refractivity contribution is 7.89. The lowest BCUT2D eigenvalue weighted by Crippen LogP contribution is -2.62. The number of nitrogen functional groups attached to an aromatic ring is 1. The van der Waals surface area contributed by atoms with Crippen LogP contribution >= 0.6 is 11.6 Å². The summed E-state index contributed by atoms with van der Waals surface area (Å²) in [5.41, 5.74) is 16.7. The van der Waals surface area contributed by atoms with E-state index in [1.165, 1.54) is 33.8 Å². The molecule has 123 heavy (non-hydrogen) atoms. The lowest BCUT2D eigenvalue weighted by molar-refractivity contribution is -0.133. The van der Waals surface area contributed by atoms with E-state index < -0.39 is 71.1 Å². The molecule has 3 aromatic carbocycles. The molecule has 18 rings (SSSR count). The number of nitrogens with zero attached hydrogens (tertiary/aromatic N) is 16. The van der Waals surface area contributed by atoms with Crippen molar-refractivity contribution in [3.63, 3.8) is 0 Å². The Morgan fingerprint density at radius 2 is 0.870 bits per heavy atom. The van der Waals surface area contributed by atoms with E-state index in [0.29, 0.717) is 132 Å². The molecule has 3 aliphatic carbocycles. The van der Waals surface area contributed by atoms with Gasteiger partial charge in [-0.15, -0.1) is 0 Å². The average molecular weight is 1770 g/mol. The van der Waals surface area contributed by atoms with Crippen LogP contribution in [-0.4, -0.2) is 233 Å². The summed E-state index contributed by atoms with van der Waals surface area (Å²) in [7, 11) is -0.811. The Bertz CT molecular complexity index is 5630. The minimum atomic E-state index is -3.59. The molecule has 3 spiro atoms. The summed E-state index contributed by atoms with van der Waals surface area (Å²) in [5.74, 6) is 1.91. The maximum absolute atomic E-state index is 13.7. The topological polar surface area (TPSA) is 437 Å². The van der Waals surface area contributed by atoms with Gasteiger partial charge in [0.15, 0.2) is 0 Å². The molecule has 6 aromatic heterocycles. The van der Waals surface area contributed by atoms with Gasteiger partial charge in [0.05, 0.1) is 9.79 Å². The number of likely N-dealkylation sites (N-methyl/N-ethyl adjacent to an activating group) is 3. The molecule has 5 amide bonds. The third kappa shape index (κ3) is 19.3. The summed E-state index contributed by atoms with van der Waals surface area (Å²) in [4.78, 5) is 99.6. The SMILES string of the molecule is CC(C)(C)OC(=O)N1NC(=O)C2(CCCCC2)n2c1cc1cnc(Cl)nc12.CN1CCN(S(=O)(=O)c2ccc(N)cc2)CC1.CN1CCN(S(=O)(=O)c2ccc(Nc3ncc4cc5n(c4n3)C3(CCCCC3)C(=O)NN5C(=O)OC(C)(C)C)cc2)CC1.CN1CCNCC1.O=C1NNc2cc3cnc(Nc4ccc(S(=O)[O-])cc4)nc3n2C12CCCCC2. The molecule has 41 heteroatoms. The zero-order valence-electron chi connectivity index (χ0n) is 70.6. The molecular formula is C82H108ClN24O13S3-. The van der Waals surface area contributed by atoms with E-state index in [4.69, 9.17) is 31.8 Å². The zero-order valence-corrected chi connectivity index (χ0v) is 73.8. The molecule has 6 aliphatic heterocycles. The first kappa shape index (κ1) is 89.0. The van der Waals surface area contributed by atoms with E-state index in [2.05, 4.69) is 84.3 Å². The van der Waals surface area contributed by atoms with E-state index in [1.54, 1.807) is 133 Å². The molecular weight excluding hydrogens is 1660 g/mol. The van der Waals surface area contributed by atoms with Crippen LogP contribution < -0.4 is 53.4 Å². The van der Waals surface area contributed by atoms with Gasteiger partial charge in [-0.1, -0.05) is 57.8 Å². The van der Waals surface area contributed by atoms with E-state index in [9.17, 15) is 49.6 Å². The minimum absolute atomic E-state index is 0.0310. The molecule has 37 nitrogen and oxygen atoms in total. The first-order valence-corrected chi connectivity index (χ1v) is 45.9. The highest BCUT2D eigenvalue weighted by atomic mass is 35.5. The minimum Gasteiger partial charge on any atom is -0.768 e. The van der Waals surface area contributed by atoms with Gasteiger partial charge in [-0.25, -0.2) is 41.4 Å². The van der Waals surface area contributed by atoms with E-state index in [1.807, 2.05) is 33.9 Å². The molecule has 1 unspecified atom stereocenters. The van der Waals surface area contributed by atoms with Crippen LogP contribution in [0.25, 0.3) is 33.1 Å². The number of anilines is 8. The van der Waals surface area contributed by atoms with Crippen LogP contribution in [-0.2, 0) is 71.6 Å². The van der Waals surface area contributed by atoms with Gasteiger partial charge in [-0.2, -0.15) is 33.6 Å². The Morgan fingerprint density at radius 1 is 0.496 bits per heavy atom. The first-order valence-electron chi connectivity index (χ1n) is 41.6. The Hall–Kier alpha value is -10.3. The third-order valence-electron chi connectivity index (χ3n) is 23.3. The molecule has 0 bridgehead atoms. The van der Waals surface area contributed by atoms with Crippen molar-refractivity contribution >= 4 is 152 Å². The first-order chi connectivity index (χ1) is 58.5. The summed E-state index contributed by atoms with van der Waals surface area (Å²) in [6, 6.07) is 24.7. The fourth-order valence-electron chi connectivity index (χ4n) is 16.8. The van der Waals surface area contributed by atoms with Gasteiger partial charge in [-0.3, -0.25) is 54.0 Å². The number of hydrogen-bond donors (Lipinski definition) is 8. The molecule has 3 saturated carbocycles. The number of nitrogens with two attached hydrogens (primary N) is 1. The van der Waals surface area contributed by atoms with Crippen LogP contribution in [0.2, 0.25) is 5.28 Å². The van der Waals surface area contributed by atoms with Gasteiger partial charge >= 0.3 is 12.2 Å². The number of ether oxygens (including phenoxy) is 2. The molecule has 660 valence electrons. The molecule has 12 heterocycles. The second-order valence-electron chi connectivity index (χ2n) is 34.3. The lowest BCUT2D eigenvalue weighted by Gasteiger charge is -2.44. The van der Waals surface area contributed by atoms with Gasteiger partial charge in [0.2, 0.25) is 37.2 Å². The molecule has 9 N–H and O–H groups in total. The number of sulfonamides is 2. The van der Waals surface area contributed by atoms with E-state index >= 15 is 0 Å². The Morgan fingerprint density at radius 3 is 1.28 bits per heavy atom. The number of fused-ring (bicyclic) bond motifs is 12. The fraction of sp³-hybridized carbons (Fsp3) is 0.500. The highest BCUT2D eigenvalue weighted by Gasteiger charge is 2.53. The van der Waals surface area contributed by atoms with Gasteiger partial charge in [0.1, 0.15) is 62.2 Å². The molecule has 9 aromatic rings. The molecule has 3 saturated heterocycles. The van der Waals surface area contributed by atoms with E-state index in [0.717, 1.165) is 118 Å². The number of halogens is 1. The summed E-state index contributed by atoms with van der Waals surface area (Å²) in [6.45, 7) is 20.3. The summed E-state index contributed by atoms with van der Waals surface area (Å²) >= 11 is 3.76. The van der Waals surface area contributed by atoms with Crippen molar-refractivity contribution in [2.45, 2.75) is 180 Å². The van der Waals surface area contributed by atoms with Gasteiger partial charge < -0.3 is 50.4 Å². The second-order valence-corrected chi connectivity index (χ2v) is 39.5. The summed E-state index contributed by atoms with van der Waals surface area (Å²) < 4.78 is 92.7. The number of piperazine rings is 3. The standard InChI is InChI=1S/C29H38N8O5S.C19H20N6O3S.C18H22ClN5O3.C11H17N3O2S.C5H12N2/c1-28(2,3)42-27(39)37-23-18-20-19-30-26(32-24(20)36(23)29(25(38)33-37)12-6-5-7-13-29)31-21-8-10-22(11-9-21)43(40,41)35-16-14-34(4)15-17-35;26-17-19(8-2-1-3-9-19)25-15(23-24-17)10-12-11-20-18(22-16(12)25)21-13-4-6-14(7-5-13)29(27)28;1-17(2,3)27-16(26)24-12-9-11-10-20-15(19)21-13(11)23(12)18(14(25)22-24)7-5-4-6-8-18;1-13-6-8-14(9-7-13)17(15,16)11-4-2-10(12)3-5-11;1-7-4-2-6-3-5-7/h8-11,18-19H,5-7,12-17H2,1-4H3,(H,33,38)(H,30,31,32);4-7,10-11,23H,1-3,8-9H2,(H,24,26)(H,27,28)(H,20,21,22);9-10H,4-8H2,1-3H3,(H,22,25);2-5H,6-9,12H2,1H3;6H,2-5H2,1H3/p-1. The monoisotopic (exact) mass is 1770 g/mol. The second kappa shape index (κ2) is 36.5. The van der Waals surface area contributed by atoms with Crippen molar-refractivity contribution in [3.05, 3.63) is 115 Å². The third-order valence-corrected chi connectivity index (χ3v) is 28.0. The molecule has 6 fully saturated rings. The van der Waals surface area contributed by atoms with Crippen molar-refractivity contribution in [3.8, 4) is 0 Å². The van der Waals surface area contributed by atoms with Crippen LogP contribution in [0, 0.1) is 0 Å². The van der Waals surface area contributed by atoms with Gasteiger partial charge in [0, 0.05) is 135 Å². The Labute approximate surface area is 722 Å². The number of rotatable bonds is 9. The van der Waals surface area contributed by atoms with Crippen molar-refractivity contribution in [2.75, 3.05) is 131 Å².